The highest BCUT2D eigenvalue weighted by Crippen LogP contribution is 2.19. The zero-order valence-electron chi connectivity index (χ0n) is 10.2. The second kappa shape index (κ2) is 6.92. The van der Waals surface area contributed by atoms with E-state index in [9.17, 15) is 0 Å². The van der Waals surface area contributed by atoms with E-state index < -0.39 is 0 Å². The smallest absolute Gasteiger partial charge is 0.149 e. The largest absolute Gasteiger partial charge is 0.481 e. The minimum absolute atomic E-state index is 0.421. The molecule has 0 spiro atoms. The molecule has 0 amide bonds. The van der Waals surface area contributed by atoms with Crippen LogP contribution in [0.2, 0.25) is 0 Å². The van der Waals surface area contributed by atoms with Crippen LogP contribution >= 0.6 is 0 Å². The number of benzene rings is 1. The maximum absolute atomic E-state index is 5.45. The fraction of sp³-hybridized carbons (Fsp3) is 0.429. The molecule has 1 atom stereocenters. The van der Waals surface area contributed by atoms with Crippen LogP contribution in [-0.4, -0.2) is 13.7 Å². The Balaban J connectivity index is 2.62. The average molecular weight is 217 g/mol. The minimum atomic E-state index is 0.421. The molecule has 0 aliphatic heterocycles. The van der Waals surface area contributed by atoms with Gasteiger partial charge in [0.05, 0.1) is 0 Å². The molecule has 0 aromatic heterocycles. The molecular formula is C14H19NO. The third kappa shape index (κ3) is 3.60. The summed E-state index contributed by atoms with van der Waals surface area (Å²) in [6, 6.07) is 8.60. The van der Waals surface area contributed by atoms with E-state index >= 15 is 0 Å². The summed E-state index contributed by atoms with van der Waals surface area (Å²) in [6.07, 6.45) is 1.08. The van der Waals surface area contributed by atoms with Crippen molar-refractivity contribution in [2.24, 2.45) is 0 Å². The molecule has 1 unspecified atom stereocenters. The van der Waals surface area contributed by atoms with Crippen molar-refractivity contribution in [3.63, 3.8) is 0 Å². The number of nitrogens with one attached hydrogen (secondary N) is 1. The van der Waals surface area contributed by atoms with Crippen LogP contribution in [0.1, 0.15) is 31.9 Å². The van der Waals surface area contributed by atoms with Crippen LogP contribution in [0.25, 0.3) is 0 Å². The molecule has 0 radical (unpaired) electrons. The molecular weight excluding hydrogens is 198 g/mol. The first-order valence-electron chi connectivity index (χ1n) is 5.61. The quantitative estimate of drug-likeness (QED) is 0.766. The molecule has 1 aromatic carbocycles. The molecule has 1 aromatic rings. The molecule has 0 heterocycles. The van der Waals surface area contributed by atoms with Crippen molar-refractivity contribution in [1.82, 2.24) is 5.32 Å². The molecule has 0 bridgehead atoms. The minimum Gasteiger partial charge on any atom is -0.481 e. The predicted octanol–water partition coefficient (Wildman–Crippen LogP) is 2.76. The Hall–Kier alpha value is -1.46. The summed E-state index contributed by atoms with van der Waals surface area (Å²) < 4.78 is 5.45. The maximum atomic E-state index is 5.45. The normalized spacial score (nSPS) is 11.4. The zero-order chi connectivity index (χ0) is 11.8. The Bertz CT molecular complexity index is 355. The summed E-state index contributed by atoms with van der Waals surface area (Å²) in [5.41, 5.74) is 1.29. The Morgan fingerprint density at radius 2 is 2.00 bits per heavy atom. The Morgan fingerprint density at radius 3 is 2.50 bits per heavy atom. The standard InChI is InChI=1S/C14H19NO/c1-4-6-11-16-13-9-7-12(8-10-13)14(5-2)15-3/h7-10,14-15H,5,11H2,1-3H3. The number of hydrogen-bond donors (Lipinski definition) is 1. The van der Waals surface area contributed by atoms with Gasteiger partial charge in [-0.3, -0.25) is 0 Å². The highest BCUT2D eigenvalue weighted by Gasteiger charge is 2.05. The van der Waals surface area contributed by atoms with E-state index in [1.165, 1.54) is 5.56 Å². The molecule has 2 heteroatoms. The molecule has 16 heavy (non-hydrogen) atoms. The summed E-state index contributed by atoms with van der Waals surface area (Å²) >= 11 is 0. The van der Waals surface area contributed by atoms with Crippen molar-refractivity contribution in [2.75, 3.05) is 13.7 Å². The van der Waals surface area contributed by atoms with Gasteiger partial charge >= 0.3 is 0 Å². The predicted molar refractivity (Wildman–Crippen MR) is 67.5 cm³/mol. The summed E-state index contributed by atoms with van der Waals surface area (Å²) in [6.45, 7) is 4.44. The van der Waals surface area contributed by atoms with E-state index in [1.807, 2.05) is 26.1 Å². The van der Waals surface area contributed by atoms with Gasteiger partial charge < -0.3 is 10.1 Å². The lowest BCUT2D eigenvalue weighted by atomic mass is 10.1. The van der Waals surface area contributed by atoms with Crippen LogP contribution in [-0.2, 0) is 0 Å². The van der Waals surface area contributed by atoms with Gasteiger partial charge in [-0.25, -0.2) is 0 Å². The van der Waals surface area contributed by atoms with Crippen LogP contribution in [0.3, 0.4) is 0 Å². The third-order valence-corrected chi connectivity index (χ3v) is 2.53. The van der Waals surface area contributed by atoms with Crippen LogP contribution in [0.15, 0.2) is 24.3 Å². The van der Waals surface area contributed by atoms with Gasteiger partial charge in [0, 0.05) is 6.04 Å². The third-order valence-electron chi connectivity index (χ3n) is 2.53. The van der Waals surface area contributed by atoms with E-state index in [0.717, 1.165) is 12.2 Å². The summed E-state index contributed by atoms with van der Waals surface area (Å²) in [4.78, 5) is 0. The van der Waals surface area contributed by atoms with Crippen molar-refractivity contribution >= 4 is 0 Å². The highest BCUT2D eigenvalue weighted by molar-refractivity contribution is 5.29. The first-order valence-corrected chi connectivity index (χ1v) is 5.61. The number of rotatable bonds is 5. The fourth-order valence-electron chi connectivity index (χ4n) is 1.59. The van der Waals surface area contributed by atoms with Crippen LogP contribution in [0, 0.1) is 11.8 Å². The van der Waals surface area contributed by atoms with Crippen molar-refractivity contribution < 1.29 is 4.74 Å². The summed E-state index contributed by atoms with van der Waals surface area (Å²) in [5.74, 6) is 6.55. The fourth-order valence-corrected chi connectivity index (χ4v) is 1.59. The zero-order valence-corrected chi connectivity index (χ0v) is 10.2. The lowest BCUT2D eigenvalue weighted by molar-refractivity contribution is 0.370. The monoisotopic (exact) mass is 217 g/mol. The number of hydrogen-bond acceptors (Lipinski definition) is 2. The lowest BCUT2D eigenvalue weighted by Gasteiger charge is -2.14. The van der Waals surface area contributed by atoms with Crippen molar-refractivity contribution in [2.45, 2.75) is 26.3 Å². The van der Waals surface area contributed by atoms with Crippen molar-refractivity contribution in [3.05, 3.63) is 29.8 Å². The van der Waals surface area contributed by atoms with Gasteiger partial charge in [0.15, 0.2) is 0 Å². The Labute approximate surface area is 98.0 Å². The Kier molecular flexibility index (Phi) is 5.45. The van der Waals surface area contributed by atoms with Crippen molar-refractivity contribution in [1.29, 1.82) is 0 Å². The average Bonchev–Trinajstić information content (AvgIpc) is 2.33. The van der Waals surface area contributed by atoms with E-state index in [-0.39, 0.29) is 0 Å². The molecule has 1 rings (SSSR count). The van der Waals surface area contributed by atoms with Gasteiger partial charge in [-0.15, -0.1) is 5.92 Å². The topological polar surface area (TPSA) is 21.3 Å². The maximum Gasteiger partial charge on any atom is 0.149 e. The molecule has 0 fully saturated rings. The first kappa shape index (κ1) is 12.6. The molecule has 0 aliphatic carbocycles. The molecule has 0 aliphatic rings. The second-order valence-electron chi connectivity index (χ2n) is 3.53. The SMILES string of the molecule is CC#CCOc1ccc(C(CC)NC)cc1. The van der Waals surface area contributed by atoms with Gasteiger partial charge in [-0.2, -0.15) is 0 Å². The van der Waals surface area contributed by atoms with Gasteiger partial charge in [0.1, 0.15) is 12.4 Å². The first-order chi connectivity index (χ1) is 7.81. The lowest BCUT2D eigenvalue weighted by Crippen LogP contribution is -2.14. The molecule has 0 saturated carbocycles. The van der Waals surface area contributed by atoms with Crippen LogP contribution in [0.5, 0.6) is 5.75 Å². The van der Waals surface area contributed by atoms with Crippen molar-refractivity contribution in [3.8, 4) is 17.6 Å². The van der Waals surface area contributed by atoms with Crippen LogP contribution in [0.4, 0.5) is 0 Å². The van der Waals surface area contributed by atoms with Gasteiger partial charge in [0.25, 0.3) is 0 Å². The van der Waals surface area contributed by atoms with Gasteiger partial charge in [0.2, 0.25) is 0 Å². The summed E-state index contributed by atoms with van der Waals surface area (Å²) in [5, 5.41) is 3.28. The van der Waals surface area contributed by atoms with E-state index in [0.29, 0.717) is 12.6 Å². The second-order valence-corrected chi connectivity index (χ2v) is 3.53. The molecule has 0 saturated heterocycles. The summed E-state index contributed by atoms with van der Waals surface area (Å²) in [7, 11) is 1.98. The molecule has 86 valence electrons. The molecule has 1 N–H and O–H groups in total. The van der Waals surface area contributed by atoms with E-state index in [2.05, 4.69) is 36.2 Å². The number of ether oxygens (including phenoxy) is 1. The van der Waals surface area contributed by atoms with E-state index in [1.54, 1.807) is 0 Å². The van der Waals surface area contributed by atoms with Gasteiger partial charge in [-0.1, -0.05) is 25.0 Å². The highest BCUT2D eigenvalue weighted by atomic mass is 16.5. The van der Waals surface area contributed by atoms with Gasteiger partial charge in [-0.05, 0) is 38.1 Å². The van der Waals surface area contributed by atoms with E-state index in [4.69, 9.17) is 4.74 Å². The van der Waals surface area contributed by atoms with Crippen LogP contribution < -0.4 is 10.1 Å². The Morgan fingerprint density at radius 1 is 1.31 bits per heavy atom. The molecule has 2 nitrogen and oxygen atoms in total.